The maximum atomic E-state index is 4.64. The Labute approximate surface area is 126 Å². The number of hydrogen-bond acceptors (Lipinski definition) is 3. The second-order valence-electron chi connectivity index (χ2n) is 5.80. The standard InChI is InChI=1S/C18H23N3/c1-2-8-19-11-14-10-16(13-20-12-14)17-7-3-5-15-6-4-9-21-18(15)17/h4,6,9-10,12-13,17,19H,2-3,5,7-8,11H2,1H3. The zero-order chi connectivity index (χ0) is 14.5. The molecule has 2 aromatic heterocycles. The number of nitrogens with zero attached hydrogens (tertiary/aromatic N) is 2. The second-order valence-corrected chi connectivity index (χ2v) is 5.80. The minimum atomic E-state index is 0.411. The molecule has 0 aliphatic heterocycles. The Kier molecular flexibility index (Phi) is 4.61. The molecule has 1 aliphatic rings. The molecule has 0 aromatic carbocycles. The van der Waals surface area contributed by atoms with Crippen LogP contribution in [0.1, 0.15) is 54.5 Å². The fourth-order valence-electron chi connectivity index (χ4n) is 3.14. The molecule has 2 aromatic rings. The van der Waals surface area contributed by atoms with Crippen LogP contribution < -0.4 is 5.32 Å². The van der Waals surface area contributed by atoms with Gasteiger partial charge in [0.1, 0.15) is 0 Å². The predicted molar refractivity (Wildman–Crippen MR) is 85.3 cm³/mol. The highest BCUT2D eigenvalue weighted by molar-refractivity contribution is 5.35. The van der Waals surface area contributed by atoms with Crippen LogP contribution in [0.15, 0.2) is 36.8 Å². The van der Waals surface area contributed by atoms with Crippen molar-refractivity contribution in [1.82, 2.24) is 15.3 Å². The second kappa shape index (κ2) is 6.81. The van der Waals surface area contributed by atoms with Gasteiger partial charge in [-0.15, -0.1) is 0 Å². The first-order chi connectivity index (χ1) is 10.4. The number of aromatic nitrogens is 2. The van der Waals surface area contributed by atoms with Crippen molar-refractivity contribution in [3.63, 3.8) is 0 Å². The van der Waals surface area contributed by atoms with E-state index >= 15 is 0 Å². The molecule has 3 heteroatoms. The normalized spacial score (nSPS) is 17.5. The van der Waals surface area contributed by atoms with E-state index in [1.807, 2.05) is 24.7 Å². The molecule has 110 valence electrons. The molecule has 3 nitrogen and oxygen atoms in total. The molecular formula is C18H23N3. The van der Waals surface area contributed by atoms with E-state index in [1.54, 1.807) is 0 Å². The molecule has 0 amide bonds. The highest BCUT2D eigenvalue weighted by Crippen LogP contribution is 2.34. The first kappa shape index (κ1) is 14.2. The molecule has 2 heterocycles. The van der Waals surface area contributed by atoms with Crippen molar-refractivity contribution in [2.75, 3.05) is 6.54 Å². The Hall–Kier alpha value is -1.74. The molecule has 0 spiro atoms. The zero-order valence-electron chi connectivity index (χ0n) is 12.7. The Morgan fingerprint density at radius 1 is 1.33 bits per heavy atom. The summed E-state index contributed by atoms with van der Waals surface area (Å²) in [5, 5.41) is 3.45. The van der Waals surface area contributed by atoms with Gasteiger partial charge in [-0.3, -0.25) is 9.97 Å². The summed E-state index contributed by atoms with van der Waals surface area (Å²) in [5.74, 6) is 0.411. The fourth-order valence-corrected chi connectivity index (χ4v) is 3.14. The summed E-state index contributed by atoms with van der Waals surface area (Å²) in [4.78, 5) is 9.08. The average molecular weight is 281 g/mol. The van der Waals surface area contributed by atoms with Crippen LogP contribution in [-0.2, 0) is 13.0 Å². The molecule has 1 N–H and O–H groups in total. The summed E-state index contributed by atoms with van der Waals surface area (Å²) in [6.07, 6.45) is 10.6. The summed E-state index contributed by atoms with van der Waals surface area (Å²) in [7, 11) is 0. The van der Waals surface area contributed by atoms with Crippen LogP contribution in [0.5, 0.6) is 0 Å². The van der Waals surface area contributed by atoms with Gasteiger partial charge in [0, 0.05) is 31.1 Å². The first-order valence-electron chi connectivity index (χ1n) is 7.97. The fraction of sp³-hybridized carbons (Fsp3) is 0.444. The van der Waals surface area contributed by atoms with Crippen LogP contribution in [-0.4, -0.2) is 16.5 Å². The number of aryl methyl sites for hydroxylation is 1. The van der Waals surface area contributed by atoms with Gasteiger partial charge in [-0.25, -0.2) is 0 Å². The van der Waals surface area contributed by atoms with Crippen LogP contribution >= 0.6 is 0 Å². The molecule has 1 atom stereocenters. The molecule has 21 heavy (non-hydrogen) atoms. The monoisotopic (exact) mass is 281 g/mol. The van der Waals surface area contributed by atoms with E-state index in [9.17, 15) is 0 Å². The molecule has 0 radical (unpaired) electrons. The summed E-state index contributed by atoms with van der Waals surface area (Å²) in [5.41, 5.74) is 5.24. The van der Waals surface area contributed by atoms with Crippen molar-refractivity contribution in [3.05, 3.63) is 59.2 Å². The molecule has 1 unspecified atom stereocenters. The highest BCUT2D eigenvalue weighted by Gasteiger charge is 2.23. The van der Waals surface area contributed by atoms with Gasteiger partial charge in [-0.1, -0.05) is 19.1 Å². The maximum Gasteiger partial charge on any atom is 0.0510 e. The van der Waals surface area contributed by atoms with Crippen LogP contribution in [0.4, 0.5) is 0 Å². The lowest BCUT2D eigenvalue weighted by atomic mass is 9.82. The third-order valence-electron chi connectivity index (χ3n) is 4.17. The van der Waals surface area contributed by atoms with Crippen LogP contribution in [0.3, 0.4) is 0 Å². The van der Waals surface area contributed by atoms with Gasteiger partial charge in [0.2, 0.25) is 0 Å². The van der Waals surface area contributed by atoms with E-state index in [4.69, 9.17) is 0 Å². The Bertz CT molecular complexity index is 595. The molecule has 3 rings (SSSR count). The summed E-state index contributed by atoms with van der Waals surface area (Å²) < 4.78 is 0. The van der Waals surface area contributed by atoms with E-state index in [-0.39, 0.29) is 0 Å². The van der Waals surface area contributed by atoms with Crippen molar-refractivity contribution >= 4 is 0 Å². The van der Waals surface area contributed by atoms with Crippen molar-refractivity contribution in [2.24, 2.45) is 0 Å². The van der Waals surface area contributed by atoms with Crippen LogP contribution in [0.25, 0.3) is 0 Å². The van der Waals surface area contributed by atoms with Gasteiger partial charge in [0.25, 0.3) is 0 Å². The van der Waals surface area contributed by atoms with Gasteiger partial charge in [-0.05, 0) is 55.0 Å². The lowest BCUT2D eigenvalue weighted by molar-refractivity contribution is 0.595. The van der Waals surface area contributed by atoms with Crippen molar-refractivity contribution in [2.45, 2.75) is 45.1 Å². The summed E-state index contributed by atoms with van der Waals surface area (Å²) >= 11 is 0. The Morgan fingerprint density at radius 3 is 3.19 bits per heavy atom. The highest BCUT2D eigenvalue weighted by atomic mass is 14.8. The van der Waals surface area contributed by atoms with Crippen molar-refractivity contribution in [3.8, 4) is 0 Å². The topological polar surface area (TPSA) is 37.8 Å². The molecule has 0 bridgehead atoms. The van der Waals surface area contributed by atoms with Crippen molar-refractivity contribution < 1.29 is 0 Å². The van der Waals surface area contributed by atoms with E-state index < -0.39 is 0 Å². The quantitative estimate of drug-likeness (QED) is 0.853. The van der Waals surface area contributed by atoms with Gasteiger partial charge < -0.3 is 5.32 Å². The van der Waals surface area contributed by atoms with E-state index in [2.05, 4.69) is 34.3 Å². The SMILES string of the molecule is CCCNCc1cncc(C2CCCc3cccnc32)c1. The van der Waals surface area contributed by atoms with Crippen molar-refractivity contribution in [1.29, 1.82) is 0 Å². The zero-order valence-corrected chi connectivity index (χ0v) is 12.7. The minimum absolute atomic E-state index is 0.411. The maximum absolute atomic E-state index is 4.64. The predicted octanol–water partition coefficient (Wildman–Crippen LogP) is 3.44. The number of hydrogen-bond donors (Lipinski definition) is 1. The lowest BCUT2D eigenvalue weighted by Gasteiger charge is -2.24. The minimum Gasteiger partial charge on any atom is -0.313 e. The molecule has 1 aliphatic carbocycles. The van der Waals surface area contributed by atoms with Gasteiger partial charge in [-0.2, -0.15) is 0 Å². The van der Waals surface area contributed by atoms with Crippen LogP contribution in [0.2, 0.25) is 0 Å². The molecular weight excluding hydrogens is 258 g/mol. The van der Waals surface area contributed by atoms with Crippen LogP contribution in [0, 0.1) is 0 Å². The van der Waals surface area contributed by atoms with E-state index in [0.29, 0.717) is 5.92 Å². The Morgan fingerprint density at radius 2 is 2.29 bits per heavy atom. The smallest absolute Gasteiger partial charge is 0.0510 e. The summed E-state index contributed by atoms with van der Waals surface area (Å²) in [6, 6.07) is 6.56. The largest absolute Gasteiger partial charge is 0.313 e. The average Bonchev–Trinajstić information content (AvgIpc) is 2.55. The number of fused-ring (bicyclic) bond motifs is 1. The first-order valence-corrected chi connectivity index (χ1v) is 7.97. The third-order valence-corrected chi connectivity index (χ3v) is 4.17. The van der Waals surface area contributed by atoms with Gasteiger partial charge in [0.05, 0.1) is 5.69 Å². The molecule has 0 saturated carbocycles. The molecule has 0 fully saturated rings. The van der Waals surface area contributed by atoms with Gasteiger partial charge >= 0.3 is 0 Å². The van der Waals surface area contributed by atoms with E-state index in [1.165, 1.54) is 35.2 Å². The number of rotatable bonds is 5. The third kappa shape index (κ3) is 3.30. The number of nitrogens with one attached hydrogen (secondary N) is 1. The van der Waals surface area contributed by atoms with Gasteiger partial charge in [0.15, 0.2) is 0 Å². The van der Waals surface area contributed by atoms with E-state index in [0.717, 1.165) is 25.9 Å². The molecule has 0 saturated heterocycles. The summed E-state index contributed by atoms with van der Waals surface area (Å²) in [6.45, 7) is 4.14. The Balaban J connectivity index is 1.83. The lowest BCUT2D eigenvalue weighted by Crippen LogP contribution is -2.16. The number of pyridine rings is 2.